The third-order valence-corrected chi connectivity index (χ3v) is 4.91. The summed E-state index contributed by atoms with van der Waals surface area (Å²) in [7, 11) is 0. The van der Waals surface area contributed by atoms with Gasteiger partial charge in [-0.2, -0.15) is 0 Å². The van der Waals surface area contributed by atoms with Crippen LogP contribution < -0.4 is 16.0 Å². The largest absolute Gasteiger partial charge is 0.355 e. The standard InChI is InChI=1S/C20H25N3O3S/c1-14-7-8-16(15(2)11-14)5-3-9-21-18(24)12-22-19(25)13-23-20(26)17-6-4-10-27-17/h4,6-8,10-11H,3,5,9,12-13H2,1-2H3,(H,21,24)(H,22,25)(H,23,26). The van der Waals surface area contributed by atoms with Crippen molar-refractivity contribution in [1.29, 1.82) is 0 Å². The molecule has 3 amide bonds. The Labute approximate surface area is 163 Å². The normalized spacial score (nSPS) is 10.3. The third-order valence-electron chi connectivity index (χ3n) is 4.04. The van der Waals surface area contributed by atoms with Crippen molar-refractivity contribution >= 4 is 29.1 Å². The molecule has 0 saturated carbocycles. The molecule has 0 aliphatic rings. The zero-order valence-electron chi connectivity index (χ0n) is 15.6. The van der Waals surface area contributed by atoms with E-state index in [1.54, 1.807) is 17.5 Å². The molecular formula is C20H25N3O3S. The molecule has 144 valence electrons. The third kappa shape index (κ3) is 7.22. The van der Waals surface area contributed by atoms with E-state index in [9.17, 15) is 14.4 Å². The molecule has 0 unspecified atom stereocenters. The second-order valence-corrected chi connectivity index (χ2v) is 7.27. The van der Waals surface area contributed by atoms with E-state index in [-0.39, 0.29) is 24.9 Å². The van der Waals surface area contributed by atoms with Crippen molar-refractivity contribution in [2.45, 2.75) is 26.7 Å². The molecule has 0 spiro atoms. The number of hydrogen-bond donors (Lipinski definition) is 3. The van der Waals surface area contributed by atoms with Crippen LogP contribution in [-0.4, -0.2) is 37.4 Å². The maximum absolute atomic E-state index is 11.8. The van der Waals surface area contributed by atoms with Gasteiger partial charge in [-0.3, -0.25) is 14.4 Å². The summed E-state index contributed by atoms with van der Waals surface area (Å²) in [4.78, 5) is 35.8. The Hall–Kier alpha value is -2.67. The van der Waals surface area contributed by atoms with E-state index in [2.05, 4.69) is 48.0 Å². The molecule has 1 aromatic carbocycles. The SMILES string of the molecule is Cc1ccc(CCCNC(=O)CNC(=O)CNC(=O)c2cccs2)c(C)c1. The van der Waals surface area contributed by atoms with Gasteiger partial charge >= 0.3 is 0 Å². The lowest BCUT2D eigenvalue weighted by Crippen LogP contribution is -2.42. The Morgan fingerprint density at radius 2 is 1.70 bits per heavy atom. The fraction of sp³-hybridized carbons (Fsp3) is 0.350. The van der Waals surface area contributed by atoms with E-state index >= 15 is 0 Å². The summed E-state index contributed by atoms with van der Waals surface area (Å²) in [6.07, 6.45) is 1.73. The molecule has 0 fully saturated rings. The van der Waals surface area contributed by atoms with E-state index in [4.69, 9.17) is 0 Å². The van der Waals surface area contributed by atoms with Crippen molar-refractivity contribution < 1.29 is 14.4 Å². The van der Waals surface area contributed by atoms with Gasteiger partial charge in [0.15, 0.2) is 0 Å². The number of carbonyl (C=O) groups excluding carboxylic acids is 3. The van der Waals surface area contributed by atoms with Crippen LogP contribution in [0.4, 0.5) is 0 Å². The van der Waals surface area contributed by atoms with Crippen molar-refractivity contribution in [2.24, 2.45) is 0 Å². The summed E-state index contributed by atoms with van der Waals surface area (Å²) in [5.74, 6) is -0.935. The van der Waals surface area contributed by atoms with E-state index in [0.717, 1.165) is 12.8 Å². The number of benzene rings is 1. The minimum atomic E-state index is -0.398. The predicted octanol–water partition coefficient (Wildman–Crippen LogP) is 1.96. The molecule has 0 saturated heterocycles. The predicted molar refractivity (Wildman–Crippen MR) is 107 cm³/mol. The van der Waals surface area contributed by atoms with Gasteiger partial charge < -0.3 is 16.0 Å². The topological polar surface area (TPSA) is 87.3 Å². The smallest absolute Gasteiger partial charge is 0.261 e. The lowest BCUT2D eigenvalue weighted by atomic mass is 10.0. The average molecular weight is 388 g/mol. The van der Waals surface area contributed by atoms with Crippen molar-refractivity contribution in [3.8, 4) is 0 Å². The number of amides is 3. The van der Waals surface area contributed by atoms with Crippen LogP contribution in [0.2, 0.25) is 0 Å². The van der Waals surface area contributed by atoms with Crippen LogP contribution in [0, 0.1) is 13.8 Å². The Balaban J connectivity index is 1.57. The van der Waals surface area contributed by atoms with Gasteiger partial charge in [-0.15, -0.1) is 11.3 Å². The summed E-state index contributed by atoms with van der Waals surface area (Å²) in [5, 5.41) is 9.59. The summed E-state index contributed by atoms with van der Waals surface area (Å²) in [6.45, 7) is 4.46. The van der Waals surface area contributed by atoms with E-state index in [0.29, 0.717) is 11.4 Å². The average Bonchev–Trinajstić information content (AvgIpc) is 3.17. The first kappa shape index (κ1) is 20.6. The first-order chi connectivity index (χ1) is 13.0. The number of thiophene rings is 1. The highest BCUT2D eigenvalue weighted by molar-refractivity contribution is 7.12. The minimum Gasteiger partial charge on any atom is -0.355 e. The lowest BCUT2D eigenvalue weighted by molar-refractivity contribution is -0.125. The van der Waals surface area contributed by atoms with Crippen LogP contribution in [0.3, 0.4) is 0 Å². The summed E-state index contributed by atoms with van der Waals surface area (Å²) < 4.78 is 0. The van der Waals surface area contributed by atoms with Crippen molar-refractivity contribution in [2.75, 3.05) is 19.6 Å². The molecule has 27 heavy (non-hydrogen) atoms. The molecule has 1 aromatic heterocycles. The van der Waals surface area contributed by atoms with Crippen molar-refractivity contribution in [3.05, 3.63) is 57.3 Å². The Kier molecular flexibility index (Phi) is 8.00. The van der Waals surface area contributed by atoms with Crippen LogP contribution in [0.1, 0.15) is 32.8 Å². The monoisotopic (exact) mass is 387 g/mol. The van der Waals surface area contributed by atoms with Gasteiger partial charge in [0, 0.05) is 6.54 Å². The van der Waals surface area contributed by atoms with E-state index < -0.39 is 5.91 Å². The minimum absolute atomic E-state index is 0.0999. The fourth-order valence-electron chi connectivity index (χ4n) is 2.59. The van der Waals surface area contributed by atoms with Crippen LogP contribution in [0.25, 0.3) is 0 Å². The van der Waals surface area contributed by atoms with Crippen LogP contribution in [-0.2, 0) is 16.0 Å². The van der Waals surface area contributed by atoms with Crippen molar-refractivity contribution in [1.82, 2.24) is 16.0 Å². The van der Waals surface area contributed by atoms with Crippen molar-refractivity contribution in [3.63, 3.8) is 0 Å². The second-order valence-electron chi connectivity index (χ2n) is 6.32. The molecular weight excluding hydrogens is 362 g/mol. The van der Waals surface area contributed by atoms with Gasteiger partial charge in [0.05, 0.1) is 18.0 Å². The second kappa shape index (κ2) is 10.5. The molecule has 0 atom stereocenters. The molecule has 6 nitrogen and oxygen atoms in total. The van der Waals surface area contributed by atoms with E-state index in [1.165, 1.54) is 28.0 Å². The molecule has 0 aliphatic carbocycles. The Bertz CT molecular complexity index is 788. The van der Waals surface area contributed by atoms with Crippen LogP contribution in [0.5, 0.6) is 0 Å². The number of carbonyl (C=O) groups is 3. The quantitative estimate of drug-likeness (QED) is 0.575. The maximum atomic E-state index is 11.8. The van der Waals surface area contributed by atoms with Gasteiger partial charge in [0.25, 0.3) is 5.91 Å². The first-order valence-corrected chi connectivity index (χ1v) is 9.75. The van der Waals surface area contributed by atoms with E-state index in [1.807, 2.05) is 0 Å². The summed E-state index contributed by atoms with van der Waals surface area (Å²) in [5.41, 5.74) is 3.79. The molecule has 3 N–H and O–H groups in total. The summed E-state index contributed by atoms with van der Waals surface area (Å²) in [6, 6.07) is 9.82. The van der Waals surface area contributed by atoms with Crippen LogP contribution >= 0.6 is 11.3 Å². The molecule has 7 heteroatoms. The summed E-state index contributed by atoms with van der Waals surface area (Å²) >= 11 is 1.30. The highest BCUT2D eigenvalue weighted by Crippen LogP contribution is 2.12. The Morgan fingerprint density at radius 3 is 2.41 bits per heavy atom. The fourth-order valence-corrected chi connectivity index (χ4v) is 3.23. The Morgan fingerprint density at radius 1 is 0.963 bits per heavy atom. The lowest BCUT2D eigenvalue weighted by Gasteiger charge is -2.09. The zero-order valence-corrected chi connectivity index (χ0v) is 16.4. The van der Waals surface area contributed by atoms with Gasteiger partial charge in [-0.05, 0) is 49.3 Å². The molecule has 1 heterocycles. The molecule has 0 aliphatic heterocycles. The van der Waals surface area contributed by atoms with Gasteiger partial charge in [0.2, 0.25) is 11.8 Å². The maximum Gasteiger partial charge on any atom is 0.261 e. The molecule has 0 radical (unpaired) electrons. The highest BCUT2D eigenvalue weighted by Gasteiger charge is 2.09. The zero-order chi connectivity index (χ0) is 19.6. The molecule has 2 aromatic rings. The van der Waals surface area contributed by atoms with Gasteiger partial charge in [-0.1, -0.05) is 29.8 Å². The number of nitrogens with one attached hydrogen (secondary N) is 3. The molecule has 2 rings (SSSR count). The number of rotatable bonds is 9. The first-order valence-electron chi connectivity index (χ1n) is 8.87. The van der Waals surface area contributed by atoms with Gasteiger partial charge in [-0.25, -0.2) is 0 Å². The number of aryl methyl sites for hydroxylation is 3. The van der Waals surface area contributed by atoms with Gasteiger partial charge in [0.1, 0.15) is 0 Å². The highest BCUT2D eigenvalue weighted by atomic mass is 32.1. The number of hydrogen-bond acceptors (Lipinski definition) is 4. The van der Waals surface area contributed by atoms with Crippen LogP contribution in [0.15, 0.2) is 35.7 Å². The molecule has 0 bridgehead atoms.